The van der Waals surface area contributed by atoms with E-state index in [1.54, 1.807) is 0 Å². The van der Waals surface area contributed by atoms with Gasteiger partial charge in [-0.2, -0.15) is 0 Å². The Hall–Kier alpha value is -1.94. The van der Waals surface area contributed by atoms with Gasteiger partial charge in [0.15, 0.2) is 12.2 Å². The van der Waals surface area contributed by atoms with E-state index in [9.17, 15) is 43.2 Å². The number of aliphatic hydroxyl groups excluding tert-OH is 1. The Bertz CT molecular complexity index is 1820. The van der Waals surface area contributed by atoms with E-state index in [4.69, 9.17) is 37.0 Å². The van der Waals surface area contributed by atoms with E-state index in [1.165, 1.54) is 205 Å². The van der Waals surface area contributed by atoms with E-state index in [0.717, 1.165) is 102 Å². The molecule has 0 amide bonds. The van der Waals surface area contributed by atoms with Crippen LogP contribution in [0.25, 0.3) is 0 Å². The Kier molecular flexibility index (Phi) is 65.5. The number of phosphoric ester groups is 2. The van der Waals surface area contributed by atoms with Crippen molar-refractivity contribution in [2.45, 2.75) is 407 Å². The van der Waals surface area contributed by atoms with Crippen LogP contribution in [0.5, 0.6) is 0 Å². The molecule has 2 unspecified atom stereocenters. The normalized spacial score (nSPS) is 14.0. The minimum Gasteiger partial charge on any atom is -0.462 e. The molecule has 3 N–H and O–H groups in total. The molecule has 0 aliphatic carbocycles. The van der Waals surface area contributed by atoms with Crippen molar-refractivity contribution in [1.82, 2.24) is 0 Å². The first-order valence-electron chi connectivity index (χ1n) is 39.0. The molecule has 17 nitrogen and oxygen atoms in total. The van der Waals surface area contributed by atoms with Gasteiger partial charge in [-0.05, 0) is 37.5 Å². The highest BCUT2D eigenvalue weighted by Gasteiger charge is 2.30. The average Bonchev–Trinajstić information content (AvgIpc) is 1.25. The van der Waals surface area contributed by atoms with Crippen molar-refractivity contribution < 1.29 is 80.2 Å². The zero-order valence-electron chi connectivity index (χ0n) is 61.3. The predicted octanol–water partition coefficient (Wildman–Crippen LogP) is 21.9. The summed E-state index contributed by atoms with van der Waals surface area (Å²) in [4.78, 5) is 72.8. The number of esters is 4. The molecule has 5 atom stereocenters. The highest BCUT2D eigenvalue weighted by atomic mass is 31.2. The van der Waals surface area contributed by atoms with E-state index in [0.29, 0.717) is 25.7 Å². The second kappa shape index (κ2) is 66.9. The van der Waals surface area contributed by atoms with Crippen LogP contribution in [0.3, 0.4) is 0 Å². The molecule has 19 heteroatoms. The van der Waals surface area contributed by atoms with Crippen LogP contribution < -0.4 is 0 Å². The maximum Gasteiger partial charge on any atom is 0.472 e. The first kappa shape index (κ1) is 92.1. The lowest BCUT2D eigenvalue weighted by molar-refractivity contribution is -0.161. The molecule has 0 radical (unpaired) electrons. The highest BCUT2D eigenvalue weighted by molar-refractivity contribution is 7.47. The number of phosphoric acid groups is 2. The van der Waals surface area contributed by atoms with Gasteiger partial charge in [0.25, 0.3) is 0 Å². The molecule has 0 heterocycles. The van der Waals surface area contributed by atoms with Crippen molar-refractivity contribution in [3.05, 3.63) is 0 Å². The monoisotopic (exact) mass is 1380 g/mol. The van der Waals surface area contributed by atoms with E-state index in [2.05, 4.69) is 41.5 Å². The van der Waals surface area contributed by atoms with Gasteiger partial charge in [0.1, 0.15) is 19.3 Å². The van der Waals surface area contributed by atoms with Crippen molar-refractivity contribution in [2.75, 3.05) is 39.6 Å². The molecule has 0 bridgehead atoms. The summed E-state index contributed by atoms with van der Waals surface area (Å²) in [5.41, 5.74) is 0. The van der Waals surface area contributed by atoms with Crippen LogP contribution in [0.1, 0.15) is 388 Å². The van der Waals surface area contributed by atoms with Crippen LogP contribution in [0.4, 0.5) is 0 Å². The third-order valence-corrected chi connectivity index (χ3v) is 19.4. The molecule has 0 spiro atoms. The highest BCUT2D eigenvalue weighted by Crippen LogP contribution is 2.45. The molecule has 0 aromatic carbocycles. The van der Waals surface area contributed by atoms with Gasteiger partial charge in [-0.1, -0.05) is 337 Å². The van der Waals surface area contributed by atoms with Gasteiger partial charge in [-0.15, -0.1) is 0 Å². The van der Waals surface area contributed by atoms with Gasteiger partial charge >= 0.3 is 39.5 Å². The van der Waals surface area contributed by atoms with E-state index < -0.39 is 97.5 Å². The first-order chi connectivity index (χ1) is 45.4. The van der Waals surface area contributed by atoms with Crippen molar-refractivity contribution in [1.29, 1.82) is 0 Å². The molecule has 0 saturated heterocycles. The van der Waals surface area contributed by atoms with Gasteiger partial charge in [-0.25, -0.2) is 9.13 Å². The molecule has 0 aromatic rings. The fourth-order valence-corrected chi connectivity index (χ4v) is 13.1. The fourth-order valence-electron chi connectivity index (χ4n) is 11.5. The van der Waals surface area contributed by atoms with Crippen molar-refractivity contribution in [2.24, 2.45) is 11.8 Å². The van der Waals surface area contributed by atoms with Gasteiger partial charge in [0.05, 0.1) is 26.4 Å². The van der Waals surface area contributed by atoms with Crippen LogP contribution in [0, 0.1) is 11.8 Å². The number of carbonyl (C=O) groups excluding carboxylic acids is 4. The third-order valence-electron chi connectivity index (χ3n) is 17.5. The minimum absolute atomic E-state index is 0.106. The van der Waals surface area contributed by atoms with Gasteiger partial charge in [-0.3, -0.25) is 37.3 Å². The van der Waals surface area contributed by atoms with Crippen molar-refractivity contribution in [3.8, 4) is 0 Å². The molecule has 0 aliphatic heterocycles. The molecule has 94 heavy (non-hydrogen) atoms. The standard InChI is InChI=1S/C75H146O17P2/c1-7-9-11-13-15-17-19-21-22-23-24-28-35-41-47-53-59-74(79)91-70(63-86-73(78)58-52-46-40-34-29-25-26-31-37-43-49-55-67(3)4)65-89-93(81,82)87-61-69(76)62-88-94(83,84)90-66-71(92-75(80)60-54-48-42-36-30-32-38-44-50-56-68(5)6)64-85-72(77)57-51-45-39-33-27-20-18-16-14-12-10-8-2/h67-71,76H,7-66H2,1-6H3,(H,81,82)(H,83,84)/t69-,70-,71-/m1/s1. The maximum atomic E-state index is 13.1. The summed E-state index contributed by atoms with van der Waals surface area (Å²) in [7, 11) is -9.91. The smallest absolute Gasteiger partial charge is 0.462 e. The largest absolute Gasteiger partial charge is 0.472 e. The summed E-state index contributed by atoms with van der Waals surface area (Å²) in [6.45, 7) is 9.58. The first-order valence-corrected chi connectivity index (χ1v) is 42.0. The number of ether oxygens (including phenoxy) is 4. The zero-order valence-corrected chi connectivity index (χ0v) is 63.1. The molecule has 0 rings (SSSR count). The molecule has 0 saturated carbocycles. The van der Waals surface area contributed by atoms with E-state index >= 15 is 0 Å². The SMILES string of the molecule is CCCCCCCCCCCCCCCCCCC(=O)O[C@H](COC(=O)CCCCCCCCCCCCCC(C)C)COP(=O)(O)OC[C@@H](O)COP(=O)(O)OC[C@@H](COC(=O)CCCCCCCCCCCCCC)OC(=O)CCCCCCCCCCCC(C)C. The van der Waals surface area contributed by atoms with E-state index in [-0.39, 0.29) is 25.7 Å². The lowest BCUT2D eigenvalue weighted by Gasteiger charge is -2.21. The van der Waals surface area contributed by atoms with Gasteiger partial charge in [0, 0.05) is 25.7 Å². The van der Waals surface area contributed by atoms with Crippen LogP contribution in [0.2, 0.25) is 0 Å². The topological polar surface area (TPSA) is 237 Å². The molecule has 0 aliphatic rings. The molecular weight excluding hydrogens is 1230 g/mol. The summed E-state index contributed by atoms with van der Waals surface area (Å²) in [5.74, 6) is -0.607. The number of unbranched alkanes of at least 4 members (excludes halogenated alkanes) is 44. The summed E-state index contributed by atoms with van der Waals surface area (Å²) < 4.78 is 68.5. The lowest BCUT2D eigenvalue weighted by atomic mass is 10.0. The Morgan fingerprint density at radius 3 is 0.723 bits per heavy atom. The molecule has 0 aromatic heterocycles. The second-order valence-electron chi connectivity index (χ2n) is 28.0. The van der Waals surface area contributed by atoms with Crippen LogP contribution in [-0.4, -0.2) is 96.7 Å². The maximum absolute atomic E-state index is 13.1. The third kappa shape index (κ3) is 68.6. The summed E-state index contributed by atoms with van der Waals surface area (Å²) in [5, 5.41) is 10.6. The summed E-state index contributed by atoms with van der Waals surface area (Å²) in [6.07, 6.45) is 54.0. The number of hydrogen-bond acceptors (Lipinski definition) is 15. The van der Waals surface area contributed by atoms with Crippen LogP contribution in [0.15, 0.2) is 0 Å². The molecule has 558 valence electrons. The Morgan fingerprint density at radius 1 is 0.287 bits per heavy atom. The molecular formula is C75H146O17P2. The second-order valence-corrected chi connectivity index (χ2v) is 30.9. The zero-order chi connectivity index (χ0) is 69.3. The van der Waals surface area contributed by atoms with Crippen molar-refractivity contribution >= 4 is 39.5 Å². The summed E-state index contributed by atoms with van der Waals surface area (Å²) >= 11 is 0. The van der Waals surface area contributed by atoms with Crippen LogP contribution >= 0.6 is 15.6 Å². The predicted molar refractivity (Wildman–Crippen MR) is 381 cm³/mol. The minimum atomic E-state index is -4.96. The quantitative estimate of drug-likeness (QED) is 0.0222. The van der Waals surface area contributed by atoms with Gasteiger partial charge < -0.3 is 33.8 Å². The van der Waals surface area contributed by atoms with Crippen LogP contribution in [-0.2, 0) is 65.4 Å². The Balaban J connectivity index is 5.26. The number of rotatable bonds is 74. The van der Waals surface area contributed by atoms with Gasteiger partial charge in [0.2, 0.25) is 0 Å². The van der Waals surface area contributed by atoms with E-state index in [1.807, 2.05) is 0 Å². The lowest BCUT2D eigenvalue weighted by Crippen LogP contribution is -2.30. The van der Waals surface area contributed by atoms with Crippen molar-refractivity contribution in [3.63, 3.8) is 0 Å². The Morgan fingerprint density at radius 2 is 0.489 bits per heavy atom. The number of hydrogen-bond donors (Lipinski definition) is 3. The number of carbonyl (C=O) groups is 4. The Labute approximate surface area is 575 Å². The fraction of sp³-hybridized carbons (Fsp3) is 0.947. The number of aliphatic hydroxyl groups is 1. The average molecular weight is 1380 g/mol. The summed E-state index contributed by atoms with van der Waals surface area (Å²) in [6, 6.07) is 0. The molecule has 0 fully saturated rings.